The van der Waals surface area contributed by atoms with Gasteiger partial charge in [0.15, 0.2) is 0 Å². The molecule has 2 fully saturated rings. The van der Waals surface area contributed by atoms with Gasteiger partial charge in [-0.1, -0.05) is 11.6 Å². The van der Waals surface area contributed by atoms with E-state index in [1.165, 1.54) is 25.0 Å². The summed E-state index contributed by atoms with van der Waals surface area (Å²) >= 11 is 5.88. The third-order valence-corrected chi connectivity index (χ3v) is 6.37. The Bertz CT molecular complexity index is 1120. The van der Waals surface area contributed by atoms with Crippen LogP contribution in [0.2, 0.25) is 5.02 Å². The van der Waals surface area contributed by atoms with E-state index in [0.717, 1.165) is 51.9 Å². The summed E-state index contributed by atoms with van der Waals surface area (Å²) in [5.41, 5.74) is 3.63. The van der Waals surface area contributed by atoms with Gasteiger partial charge in [-0.2, -0.15) is 20.1 Å². The minimum atomic E-state index is -0.465. The van der Waals surface area contributed by atoms with E-state index in [9.17, 15) is 4.39 Å². The average Bonchev–Trinajstić information content (AvgIpc) is 3.35. The summed E-state index contributed by atoms with van der Waals surface area (Å²) in [6, 6.07) is 8.04. The molecule has 2 saturated heterocycles. The van der Waals surface area contributed by atoms with Gasteiger partial charge in [0.05, 0.1) is 11.2 Å². The van der Waals surface area contributed by atoms with E-state index >= 15 is 0 Å². The average molecular weight is 484 g/mol. The van der Waals surface area contributed by atoms with Crippen molar-refractivity contribution in [2.75, 3.05) is 41.4 Å². The summed E-state index contributed by atoms with van der Waals surface area (Å²) in [7, 11) is 0. The molecule has 3 aromatic rings. The fourth-order valence-corrected chi connectivity index (χ4v) is 4.44. The maximum absolute atomic E-state index is 13.4. The van der Waals surface area contributed by atoms with Crippen molar-refractivity contribution in [3.05, 3.63) is 46.9 Å². The molecule has 10 heteroatoms. The van der Waals surface area contributed by atoms with E-state index < -0.39 is 5.82 Å². The molecular weight excluding hydrogens is 457 g/mol. The lowest BCUT2D eigenvalue weighted by atomic mass is 10.1. The predicted molar refractivity (Wildman–Crippen MR) is 132 cm³/mol. The molecule has 0 unspecified atom stereocenters. The van der Waals surface area contributed by atoms with Gasteiger partial charge in [0.2, 0.25) is 17.8 Å². The van der Waals surface area contributed by atoms with Crippen LogP contribution in [-0.2, 0) is 0 Å². The van der Waals surface area contributed by atoms with Crippen LogP contribution in [0, 0.1) is 5.82 Å². The number of nitrogens with zero attached hydrogens (tertiary/aromatic N) is 6. The maximum Gasteiger partial charge on any atom is 0.250 e. The molecule has 0 aliphatic carbocycles. The highest BCUT2D eigenvalue weighted by atomic mass is 35.5. The van der Waals surface area contributed by atoms with Gasteiger partial charge in [0, 0.05) is 31.7 Å². The minimum Gasteiger partial charge on any atom is -0.455 e. The second kappa shape index (κ2) is 10.4. The Hall–Kier alpha value is -3.20. The van der Waals surface area contributed by atoms with Crippen molar-refractivity contribution in [1.82, 2.24) is 15.0 Å². The van der Waals surface area contributed by atoms with Crippen molar-refractivity contribution < 1.29 is 8.81 Å². The van der Waals surface area contributed by atoms with Crippen molar-refractivity contribution in [3.63, 3.8) is 0 Å². The summed E-state index contributed by atoms with van der Waals surface area (Å²) in [6.07, 6.45) is 8.62. The standard InChI is InChI=1S/C24H27ClFN7O/c25-19-15-17(7-9-20(19)26)21-10-8-18(34-21)16-27-31-22-28-23(32-11-3-1-4-12-32)30-24(29-22)33-13-5-2-6-14-33/h7-10,15-16H,1-6,11-14H2,(H,28,29,30,31)/b27-16+. The Labute approximate surface area is 202 Å². The molecule has 2 aliphatic rings. The summed E-state index contributed by atoms with van der Waals surface area (Å²) in [6.45, 7) is 3.81. The minimum absolute atomic E-state index is 0.0506. The smallest absolute Gasteiger partial charge is 0.250 e. The van der Waals surface area contributed by atoms with E-state index in [1.54, 1.807) is 24.4 Å². The zero-order valence-corrected chi connectivity index (χ0v) is 19.6. The Morgan fingerprint density at radius 2 is 1.53 bits per heavy atom. The zero-order valence-electron chi connectivity index (χ0n) is 18.9. The fourth-order valence-electron chi connectivity index (χ4n) is 4.25. The molecule has 2 aromatic heterocycles. The van der Waals surface area contributed by atoms with Gasteiger partial charge in [0.25, 0.3) is 0 Å². The Kier molecular flexibility index (Phi) is 6.89. The SMILES string of the molecule is Fc1ccc(-c2ccc(/C=N/Nc3nc(N4CCCCC4)nc(N4CCCCC4)n3)o2)cc1Cl. The van der Waals surface area contributed by atoms with E-state index in [4.69, 9.17) is 21.0 Å². The lowest BCUT2D eigenvalue weighted by Gasteiger charge is -2.30. The number of halogens is 2. The van der Waals surface area contributed by atoms with Gasteiger partial charge in [0.1, 0.15) is 17.3 Å². The summed E-state index contributed by atoms with van der Waals surface area (Å²) in [5, 5.41) is 4.33. The quantitative estimate of drug-likeness (QED) is 0.373. The predicted octanol–water partition coefficient (Wildman–Crippen LogP) is 5.35. The van der Waals surface area contributed by atoms with Crippen LogP contribution in [0.1, 0.15) is 44.3 Å². The van der Waals surface area contributed by atoms with Gasteiger partial charge in [-0.25, -0.2) is 9.82 Å². The molecule has 1 N–H and O–H groups in total. The zero-order chi connectivity index (χ0) is 23.3. The molecule has 178 valence electrons. The monoisotopic (exact) mass is 483 g/mol. The van der Waals surface area contributed by atoms with Gasteiger partial charge in [-0.3, -0.25) is 0 Å². The molecular formula is C24H27ClFN7O. The molecule has 0 saturated carbocycles. The van der Waals surface area contributed by atoms with Crippen molar-refractivity contribution >= 4 is 35.7 Å². The lowest BCUT2D eigenvalue weighted by Crippen LogP contribution is -2.34. The molecule has 34 heavy (non-hydrogen) atoms. The van der Waals surface area contributed by atoms with E-state index in [2.05, 4.69) is 30.3 Å². The first kappa shape index (κ1) is 22.6. The molecule has 5 rings (SSSR count). The topological polar surface area (TPSA) is 82.7 Å². The second-order valence-corrected chi connectivity index (χ2v) is 8.96. The third-order valence-electron chi connectivity index (χ3n) is 6.08. The van der Waals surface area contributed by atoms with Crippen LogP contribution in [-0.4, -0.2) is 47.3 Å². The van der Waals surface area contributed by atoms with Crippen molar-refractivity contribution in [2.24, 2.45) is 5.10 Å². The van der Waals surface area contributed by atoms with Crippen LogP contribution in [0.3, 0.4) is 0 Å². The normalized spacial score (nSPS) is 16.9. The highest BCUT2D eigenvalue weighted by molar-refractivity contribution is 6.31. The van der Waals surface area contributed by atoms with Gasteiger partial charge < -0.3 is 14.2 Å². The molecule has 0 amide bonds. The molecule has 0 atom stereocenters. The Morgan fingerprint density at radius 3 is 2.15 bits per heavy atom. The van der Waals surface area contributed by atoms with Crippen LogP contribution in [0.15, 0.2) is 39.9 Å². The molecule has 0 radical (unpaired) electrons. The molecule has 0 bridgehead atoms. The van der Waals surface area contributed by atoms with Crippen LogP contribution >= 0.6 is 11.6 Å². The Balaban J connectivity index is 1.33. The second-order valence-electron chi connectivity index (χ2n) is 8.56. The molecule has 0 spiro atoms. The van der Waals surface area contributed by atoms with Gasteiger partial charge in [-0.05, 0) is 68.9 Å². The van der Waals surface area contributed by atoms with Crippen molar-refractivity contribution in [3.8, 4) is 11.3 Å². The number of furan rings is 1. The third kappa shape index (κ3) is 5.30. The van der Waals surface area contributed by atoms with E-state index in [1.807, 2.05) is 0 Å². The number of piperidine rings is 2. The first-order valence-electron chi connectivity index (χ1n) is 11.8. The Morgan fingerprint density at radius 1 is 0.882 bits per heavy atom. The van der Waals surface area contributed by atoms with E-state index in [-0.39, 0.29) is 5.02 Å². The first-order valence-corrected chi connectivity index (χ1v) is 12.1. The summed E-state index contributed by atoms with van der Waals surface area (Å²) in [5.74, 6) is 2.44. The number of hydrogen-bond donors (Lipinski definition) is 1. The van der Waals surface area contributed by atoms with Crippen LogP contribution < -0.4 is 15.2 Å². The number of anilines is 3. The number of aromatic nitrogens is 3. The first-order chi connectivity index (χ1) is 16.7. The highest BCUT2D eigenvalue weighted by Crippen LogP contribution is 2.26. The van der Waals surface area contributed by atoms with Crippen LogP contribution in [0.4, 0.5) is 22.2 Å². The largest absolute Gasteiger partial charge is 0.455 e. The van der Waals surface area contributed by atoms with Crippen LogP contribution in [0.25, 0.3) is 11.3 Å². The number of hydrogen-bond acceptors (Lipinski definition) is 8. The molecule has 8 nitrogen and oxygen atoms in total. The number of hydrazone groups is 1. The van der Waals surface area contributed by atoms with Gasteiger partial charge in [-0.15, -0.1) is 0 Å². The molecule has 4 heterocycles. The number of rotatable bonds is 6. The number of nitrogens with one attached hydrogen (secondary N) is 1. The summed E-state index contributed by atoms with van der Waals surface area (Å²) < 4.78 is 19.2. The van der Waals surface area contributed by atoms with Gasteiger partial charge >= 0.3 is 0 Å². The summed E-state index contributed by atoms with van der Waals surface area (Å²) in [4.78, 5) is 18.5. The molecule has 1 aromatic carbocycles. The highest BCUT2D eigenvalue weighted by Gasteiger charge is 2.20. The number of benzene rings is 1. The molecule has 2 aliphatic heterocycles. The maximum atomic E-state index is 13.4. The fraction of sp³-hybridized carbons (Fsp3) is 0.417. The van der Waals surface area contributed by atoms with Crippen molar-refractivity contribution in [2.45, 2.75) is 38.5 Å². The van der Waals surface area contributed by atoms with E-state index in [0.29, 0.717) is 34.9 Å². The van der Waals surface area contributed by atoms with Crippen molar-refractivity contribution in [1.29, 1.82) is 0 Å². The van der Waals surface area contributed by atoms with Crippen LogP contribution in [0.5, 0.6) is 0 Å². The lowest BCUT2D eigenvalue weighted by molar-refractivity contribution is 0.556.